The summed E-state index contributed by atoms with van der Waals surface area (Å²) < 4.78 is 0. The van der Waals surface area contributed by atoms with Gasteiger partial charge in [0.05, 0.1) is 5.00 Å². The number of nitrogens with zero attached hydrogens (tertiary/aromatic N) is 2. The number of anilines is 1. The first-order valence-electron chi connectivity index (χ1n) is 7.26. The summed E-state index contributed by atoms with van der Waals surface area (Å²) in [7, 11) is 0. The van der Waals surface area contributed by atoms with Gasteiger partial charge in [0.2, 0.25) is 0 Å². The molecule has 0 fully saturated rings. The minimum atomic E-state index is -0.200. The van der Waals surface area contributed by atoms with E-state index in [0.717, 1.165) is 16.1 Å². The molecule has 3 rings (SSSR count). The van der Waals surface area contributed by atoms with E-state index in [1.54, 1.807) is 12.4 Å². The average Bonchev–Trinajstić information content (AvgIpc) is 3.09. The SMILES string of the molecule is O=C(NCCc1cnc(-c2ccccc2)nc1)Nc1cccs1. The fraction of sp³-hybridized carbons (Fsp3) is 0.118. The van der Waals surface area contributed by atoms with E-state index in [2.05, 4.69) is 20.6 Å². The van der Waals surface area contributed by atoms with Crippen LogP contribution in [0.2, 0.25) is 0 Å². The summed E-state index contributed by atoms with van der Waals surface area (Å²) in [5.74, 6) is 0.706. The summed E-state index contributed by atoms with van der Waals surface area (Å²) >= 11 is 1.49. The van der Waals surface area contributed by atoms with Crippen LogP contribution in [0.1, 0.15) is 5.56 Å². The maximum atomic E-state index is 11.7. The van der Waals surface area contributed by atoms with Crippen molar-refractivity contribution < 1.29 is 4.79 Å². The highest BCUT2D eigenvalue weighted by Crippen LogP contribution is 2.14. The summed E-state index contributed by atoms with van der Waals surface area (Å²) in [6.07, 6.45) is 4.29. The molecule has 0 radical (unpaired) electrons. The quantitative estimate of drug-likeness (QED) is 0.754. The van der Waals surface area contributed by atoms with Crippen LogP contribution in [0.3, 0.4) is 0 Å². The Morgan fingerprint density at radius 3 is 2.52 bits per heavy atom. The molecule has 6 heteroatoms. The van der Waals surface area contributed by atoms with Gasteiger partial charge in [0, 0.05) is 24.5 Å². The zero-order valence-electron chi connectivity index (χ0n) is 12.4. The molecule has 23 heavy (non-hydrogen) atoms. The molecule has 0 spiro atoms. The lowest BCUT2D eigenvalue weighted by Gasteiger charge is -2.06. The van der Waals surface area contributed by atoms with Gasteiger partial charge >= 0.3 is 6.03 Å². The topological polar surface area (TPSA) is 66.9 Å². The second-order valence-electron chi connectivity index (χ2n) is 4.89. The fourth-order valence-corrected chi connectivity index (χ4v) is 2.66. The molecule has 116 valence electrons. The van der Waals surface area contributed by atoms with Gasteiger partial charge in [-0.25, -0.2) is 14.8 Å². The van der Waals surface area contributed by atoms with Gasteiger partial charge < -0.3 is 5.32 Å². The summed E-state index contributed by atoms with van der Waals surface area (Å²) in [4.78, 5) is 20.4. The van der Waals surface area contributed by atoms with Gasteiger partial charge in [-0.1, -0.05) is 30.3 Å². The molecule has 2 N–H and O–H groups in total. The third kappa shape index (κ3) is 4.37. The lowest BCUT2D eigenvalue weighted by atomic mass is 10.2. The zero-order valence-corrected chi connectivity index (χ0v) is 13.2. The number of hydrogen-bond donors (Lipinski definition) is 2. The van der Waals surface area contributed by atoms with Crippen molar-refractivity contribution in [2.24, 2.45) is 0 Å². The largest absolute Gasteiger partial charge is 0.338 e. The third-order valence-corrected chi connectivity index (χ3v) is 3.98. The number of carbonyl (C=O) groups excluding carboxylic acids is 1. The third-order valence-electron chi connectivity index (χ3n) is 3.19. The Hall–Kier alpha value is -2.73. The van der Waals surface area contributed by atoms with Gasteiger partial charge in [0.25, 0.3) is 0 Å². The van der Waals surface area contributed by atoms with Crippen molar-refractivity contribution in [3.05, 3.63) is 65.8 Å². The number of amides is 2. The van der Waals surface area contributed by atoms with Crippen LogP contribution in [0.15, 0.2) is 60.2 Å². The number of aromatic nitrogens is 2. The standard InChI is InChI=1S/C17H16N4OS/c22-17(21-15-7-4-10-23-15)18-9-8-13-11-19-16(20-12-13)14-5-2-1-3-6-14/h1-7,10-12H,8-9H2,(H2,18,21,22). The van der Waals surface area contributed by atoms with Crippen molar-refractivity contribution in [3.63, 3.8) is 0 Å². The molecule has 0 unspecified atom stereocenters. The lowest BCUT2D eigenvalue weighted by molar-refractivity contribution is 0.252. The van der Waals surface area contributed by atoms with E-state index < -0.39 is 0 Å². The average molecular weight is 324 g/mol. The first-order valence-corrected chi connectivity index (χ1v) is 8.14. The highest BCUT2D eigenvalue weighted by Gasteiger charge is 2.03. The Morgan fingerprint density at radius 1 is 1.04 bits per heavy atom. The molecule has 1 aromatic carbocycles. The van der Waals surface area contributed by atoms with Crippen molar-refractivity contribution in [2.45, 2.75) is 6.42 Å². The van der Waals surface area contributed by atoms with E-state index in [-0.39, 0.29) is 6.03 Å². The van der Waals surface area contributed by atoms with Gasteiger partial charge in [0.15, 0.2) is 5.82 Å². The molecular formula is C17H16N4OS. The van der Waals surface area contributed by atoms with Gasteiger partial charge in [0.1, 0.15) is 0 Å². The van der Waals surface area contributed by atoms with E-state index in [1.165, 1.54) is 11.3 Å². The number of urea groups is 1. The van der Waals surface area contributed by atoms with Gasteiger partial charge in [-0.15, -0.1) is 11.3 Å². The Balaban J connectivity index is 1.48. The maximum absolute atomic E-state index is 11.7. The Labute approximate surface area is 138 Å². The smallest absolute Gasteiger partial charge is 0.319 e. The van der Waals surface area contributed by atoms with Gasteiger partial charge in [-0.2, -0.15) is 0 Å². The monoisotopic (exact) mass is 324 g/mol. The first-order chi connectivity index (χ1) is 11.3. The van der Waals surface area contributed by atoms with Crippen LogP contribution in [0, 0.1) is 0 Å². The Morgan fingerprint density at radius 2 is 1.83 bits per heavy atom. The van der Waals surface area contributed by atoms with Crippen LogP contribution in [0.5, 0.6) is 0 Å². The molecule has 0 bridgehead atoms. The molecule has 0 aliphatic heterocycles. The van der Waals surface area contributed by atoms with Crippen LogP contribution in [0.4, 0.5) is 9.80 Å². The Bertz CT molecular complexity index is 742. The van der Waals surface area contributed by atoms with Crippen molar-refractivity contribution in [1.82, 2.24) is 15.3 Å². The van der Waals surface area contributed by atoms with Gasteiger partial charge in [-0.3, -0.25) is 5.32 Å². The predicted octanol–water partition coefficient (Wildman–Crippen LogP) is 3.57. The van der Waals surface area contributed by atoms with E-state index in [0.29, 0.717) is 18.8 Å². The predicted molar refractivity (Wildman–Crippen MR) is 92.5 cm³/mol. The molecule has 2 aromatic heterocycles. The lowest BCUT2D eigenvalue weighted by Crippen LogP contribution is -2.30. The molecule has 5 nitrogen and oxygen atoms in total. The summed E-state index contributed by atoms with van der Waals surface area (Å²) in [5.41, 5.74) is 1.98. The van der Waals surface area contributed by atoms with E-state index in [1.807, 2.05) is 47.8 Å². The summed E-state index contributed by atoms with van der Waals surface area (Å²) in [6, 6.07) is 13.4. The van der Waals surface area contributed by atoms with Crippen molar-refractivity contribution in [3.8, 4) is 11.4 Å². The molecule has 2 heterocycles. The highest BCUT2D eigenvalue weighted by atomic mass is 32.1. The molecule has 0 aliphatic carbocycles. The molecule has 3 aromatic rings. The van der Waals surface area contributed by atoms with Crippen LogP contribution in [-0.2, 0) is 6.42 Å². The van der Waals surface area contributed by atoms with Crippen molar-refractivity contribution >= 4 is 22.4 Å². The minimum absolute atomic E-state index is 0.200. The van der Waals surface area contributed by atoms with E-state index >= 15 is 0 Å². The van der Waals surface area contributed by atoms with Crippen molar-refractivity contribution in [2.75, 3.05) is 11.9 Å². The van der Waals surface area contributed by atoms with Crippen LogP contribution < -0.4 is 10.6 Å². The number of rotatable bonds is 5. The number of thiophene rings is 1. The van der Waals surface area contributed by atoms with E-state index in [4.69, 9.17) is 0 Å². The van der Waals surface area contributed by atoms with Crippen molar-refractivity contribution in [1.29, 1.82) is 0 Å². The number of benzene rings is 1. The van der Waals surface area contributed by atoms with E-state index in [9.17, 15) is 4.79 Å². The summed E-state index contributed by atoms with van der Waals surface area (Å²) in [5, 5.41) is 8.34. The fourth-order valence-electron chi connectivity index (χ4n) is 2.05. The molecule has 0 saturated heterocycles. The molecule has 0 atom stereocenters. The number of carbonyl (C=O) groups is 1. The number of hydrogen-bond acceptors (Lipinski definition) is 4. The first kappa shape index (κ1) is 15.2. The number of nitrogens with one attached hydrogen (secondary N) is 2. The van der Waals surface area contributed by atoms with Crippen LogP contribution in [0.25, 0.3) is 11.4 Å². The van der Waals surface area contributed by atoms with Gasteiger partial charge in [-0.05, 0) is 29.5 Å². The van der Waals surface area contributed by atoms with Crippen LogP contribution in [-0.4, -0.2) is 22.5 Å². The highest BCUT2D eigenvalue weighted by molar-refractivity contribution is 7.14. The second-order valence-corrected chi connectivity index (χ2v) is 5.84. The molecule has 2 amide bonds. The molecule has 0 saturated carbocycles. The zero-order chi connectivity index (χ0) is 15.9. The maximum Gasteiger partial charge on any atom is 0.319 e. The van der Waals surface area contributed by atoms with Crippen LogP contribution >= 0.6 is 11.3 Å². The normalized spacial score (nSPS) is 10.3. The Kier molecular flexibility index (Phi) is 4.95. The minimum Gasteiger partial charge on any atom is -0.338 e. The molecular weight excluding hydrogens is 308 g/mol. The molecule has 0 aliphatic rings. The summed E-state index contributed by atoms with van der Waals surface area (Å²) in [6.45, 7) is 0.533. The second kappa shape index (κ2) is 7.51.